The van der Waals surface area contributed by atoms with E-state index in [1.54, 1.807) is 30.1 Å². The highest BCUT2D eigenvalue weighted by Crippen LogP contribution is 2.32. The Morgan fingerprint density at radius 1 is 1.00 bits per heavy atom. The summed E-state index contributed by atoms with van der Waals surface area (Å²) >= 11 is 0. The molecule has 0 atom stereocenters. The molecule has 12 heteroatoms. The molecule has 0 bridgehead atoms. The number of hydrogen-bond acceptors (Lipinski definition) is 7. The molecule has 1 aliphatic heterocycles. The molecule has 2 heterocycles. The largest absolute Gasteiger partial charge is 0.460 e. The van der Waals surface area contributed by atoms with Crippen LogP contribution in [0.5, 0.6) is 0 Å². The molecule has 1 aliphatic rings. The van der Waals surface area contributed by atoms with Crippen molar-refractivity contribution < 1.29 is 23.1 Å². The lowest BCUT2D eigenvalue weighted by atomic mass is 9.97. The minimum Gasteiger partial charge on any atom is -0.460 e. The Morgan fingerprint density at radius 3 is 2.33 bits per heavy atom. The zero-order valence-electron chi connectivity index (χ0n) is 20.7. The van der Waals surface area contributed by atoms with Crippen molar-refractivity contribution >= 4 is 53.5 Å². The standard InChI is InChI=1S/C27H23F2N5O3.2ClH/c1-31-11-24(35)37-14-18-9-21(28)22(29)10-19(18)15-6-7-23-20(8-15)25(33-27(30)32-23)26(36)34-12-16-4-2-3-5-17(16)13-34;;/h2-10,31H,11-14H2,1H3,(H2,30,32,33);2*1H. The van der Waals surface area contributed by atoms with Gasteiger partial charge in [0.2, 0.25) is 5.95 Å². The minimum absolute atomic E-state index is 0. The van der Waals surface area contributed by atoms with Crippen molar-refractivity contribution in [2.45, 2.75) is 19.7 Å². The smallest absolute Gasteiger partial charge is 0.320 e. The van der Waals surface area contributed by atoms with E-state index >= 15 is 0 Å². The number of aromatic nitrogens is 2. The van der Waals surface area contributed by atoms with Crippen LogP contribution >= 0.6 is 24.8 Å². The molecule has 204 valence electrons. The molecule has 0 spiro atoms. The molecule has 0 fully saturated rings. The van der Waals surface area contributed by atoms with Crippen LogP contribution in [-0.4, -0.2) is 40.3 Å². The predicted octanol–water partition coefficient (Wildman–Crippen LogP) is 4.42. The van der Waals surface area contributed by atoms with Crippen LogP contribution in [0, 0.1) is 11.6 Å². The third-order valence-electron chi connectivity index (χ3n) is 6.21. The number of nitrogens with two attached hydrogens (primary N) is 1. The van der Waals surface area contributed by atoms with Crippen molar-refractivity contribution in [3.05, 3.63) is 88.6 Å². The van der Waals surface area contributed by atoms with Crippen molar-refractivity contribution in [1.29, 1.82) is 0 Å². The number of amides is 1. The number of esters is 1. The second-order valence-electron chi connectivity index (χ2n) is 8.71. The lowest BCUT2D eigenvalue weighted by Gasteiger charge is -2.17. The third kappa shape index (κ3) is 6.08. The molecule has 1 aromatic heterocycles. The molecule has 1 amide bonds. The number of halogens is 4. The first-order valence-corrected chi connectivity index (χ1v) is 11.6. The van der Waals surface area contributed by atoms with Crippen molar-refractivity contribution in [3.8, 4) is 11.1 Å². The fourth-order valence-corrected chi connectivity index (χ4v) is 4.43. The summed E-state index contributed by atoms with van der Waals surface area (Å²) in [7, 11) is 1.59. The van der Waals surface area contributed by atoms with Crippen LogP contribution < -0.4 is 11.1 Å². The Kier molecular flexibility index (Phi) is 9.39. The quantitative estimate of drug-likeness (QED) is 0.327. The molecule has 4 aromatic rings. The van der Waals surface area contributed by atoms with E-state index < -0.39 is 17.6 Å². The van der Waals surface area contributed by atoms with Gasteiger partial charge in [-0.25, -0.2) is 18.7 Å². The summed E-state index contributed by atoms with van der Waals surface area (Å²) in [4.78, 5) is 35.5. The summed E-state index contributed by atoms with van der Waals surface area (Å²) in [5, 5.41) is 3.08. The van der Waals surface area contributed by atoms with Crippen LogP contribution in [0.2, 0.25) is 0 Å². The summed E-state index contributed by atoms with van der Waals surface area (Å²) in [6.45, 7) is 0.581. The molecule has 3 N–H and O–H groups in total. The number of nitrogen functional groups attached to an aromatic ring is 1. The Labute approximate surface area is 235 Å². The fourth-order valence-electron chi connectivity index (χ4n) is 4.43. The van der Waals surface area contributed by atoms with Crippen LogP contribution in [0.15, 0.2) is 54.6 Å². The van der Waals surface area contributed by atoms with E-state index in [9.17, 15) is 18.4 Å². The number of fused-ring (bicyclic) bond motifs is 2. The van der Waals surface area contributed by atoms with E-state index in [2.05, 4.69) is 15.3 Å². The van der Waals surface area contributed by atoms with Gasteiger partial charge in [0.05, 0.1) is 12.1 Å². The molecular formula is C27H25Cl2F2N5O3. The molecule has 0 unspecified atom stereocenters. The van der Waals surface area contributed by atoms with Gasteiger partial charge in [0.1, 0.15) is 12.3 Å². The number of rotatable bonds is 6. The SMILES string of the molecule is CNCC(=O)OCc1cc(F)c(F)cc1-c1ccc2nc(N)nc(C(=O)N3Cc4ccccc4C3)c2c1.Cl.Cl. The molecular weight excluding hydrogens is 551 g/mol. The highest BCUT2D eigenvalue weighted by molar-refractivity contribution is 6.06. The highest BCUT2D eigenvalue weighted by Gasteiger charge is 2.27. The first kappa shape index (κ1) is 29.7. The van der Waals surface area contributed by atoms with Gasteiger partial charge < -0.3 is 20.7 Å². The maximum absolute atomic E-state index is 14.3. The van der Waals surface area contributed by atoms with Crippen LogP contribution in [0.3, 0.4) is 0 Å². The molecule has 0 radical (unpaired) electrons. The number of anilines is 1. The average Bonchev–Trinajstić information content (AvgIpc) is 3.32. The van der Waals surface area contributed by atoms with E-state index in [1.165, 1.54) is 0 Å². The van der Waals surface area contributed by atoms with Gasteiger partial charge in [-0.2, -0.15) is 0 Å². The van der Waals surface area contributed by atoms with Gasteiger partial charge in [-0.05, 0) is 53.6 Å². The molecule has 0 saturated heterocycles. The van der Waals surface area contributed by atoms with E-state index in [-0.39, 0.29) is 61.1 Å². The monoisotopic (exact) mass is 575 g/mol. The number of nitrogens with zero attached hydrogens (tertiary/aromatic N) is 3. The van der Waals surface area contributed by atoms with Gasteiger partial charge in [0, 0.05) is 24.0 Å². The van der Waals surface area contributed by atoms with Gasteiger partial charge in [0.25, 0.3) is 5.91 Å². The molecule has 39 heavy (non-hydrogen) atoms. The topological polar surface area (TPSA) is 110 Å². The normalized spacial score (nSPS) is 11.9. The number of nitrogens with one attached hydrogen (secondary N) is 1. The predicted molar refractivity (Wildman–Crippen MR) is 148 cm³/mol. The summed E-state index contributed by atoms with van der Waals surface area (Å²) < 4.78 is 33.6. The zero-order valence-corrected chi connectivity index (χ0v) is 22.4. The van der Waals surface area contributed by atoms with Crippen LogP contribution in [-0.2, 0) is 29.2 Å². The molecule has 5 rings (SSSR count). The van der Waals surface area contributed by atoms with Crippen LogP contribution in [0.25, 0.3) is 22.0 Å². The maximum atomic E-state index is 14.3. The summed E-state index contributed by atoms with van der Waals surface area (Å²) in [5.74, 6) is -3.03. The number of benzene rings is 3. The summed E-state index contributed by atoms with van der Waals surface area (Å²) in [6, 6.07) is 14.7. The van der Waals surface area contributed by atoms with Gasteiger partial charge in [-0.3, -0.25) is 9.59 Å². The number of hydrogen-bond donors (Lipinski definition) is 2. The molecule has 0 aliphatic carbocycles. The van der Waals surface area contributed by atoms with Crippen LogP contribution in [0.4, 0.5) is 14.7 Å². The first-order chi connectivity index (χ1) is 17.8. The van der Waals surface area contributed by atoms with Crippen molar-refractivity contribution in [1.82, 2.24) is 20.2 Å². The van der Waals surface area contributed by atoms with Crippen LogP contribution in [0.1, 0.15) is 27.2 Å². The number of likely N-dealkylation sites (N-methyl/N-ethyl adjacent to an activating group) is 1. The first-order valence-electron chi connectivity index (χ1n) is 11.6. The average molecular weight is 576 g/mol. The number of carbonyl (C=O) groups is 2. The lowest BCUT2D eigenvalue weighted by molar-refractivity contribution is -0.143. The van der Waals surface area contributed by atoms with Crippen molar-refractivity contribution in [2.75, 3.05) is 19.3 Å². The molecule has 0 saturated carbocycles. The van der Waals surface area contributed by atoms with E-state index in [1.807, 2.05) is 24.3 Å². The molecule has 8 nitrogen and oxygen atoms in total. The van der Waals surface area contributed by atoms with E-state index in [0.29, 0.717) is 35.1 Å². The highest BCUT2D eigenvalue weighted by atomic mass is 35.5. The van der Waals surface area contributed by atoms with Gasteiger partial charge in [0.15, 0.2) is 11.6 Å². The summed E-state index contributed by atoms with van der Waals surface area (Å²) in [6.07, 6.45) is 0. The Bertz CT molecular complexity index is 1530. The lowest BCUT2D eigenvalue weighted by Crippen LogP contribution is -2.27. The van der Waals surface area contributed by atoms with Gasteiger partial charge in [-0.1, -0.05) is 30.3 Å². The second kappa shape index (κ2) is 12.3. The Hall–Kier alpha value is -3.86. The van der Waals surface area contributed by atoms with Crippen molar-refractivity contribution in [2.24, 2.45) is 0 Å². The number of ether oxygens (including phenoxy) is 1. The van der Waals surface area contributed by atoms with Gasteiger partial charge >= 0.3 is 5.97 Å². The van der Waals surface area contributed by atoms with E-state index in [4.69, 9.17) is 10.5 Å². The fraction of sp³-hybridized carbons (Fsp3) is 0.185. The van der Waals surface area contributed by atoms with Gasteiger partial charge in [-0.15, -0.1) is 24.8 Å². The van der Waals surface area contributed by atoms with Crippen molar-refractivity contribution in [3.63, 3.8) is 0 Å². The zero-order chi connectivity index (χ0) is 26.1. The number of carbonyl (C=O) groups excluding carboxylic acids is 2. The second-order valence-corrected chi connectivity index (χ2v) is 8.71. The Balaban J connectivity index is 0.00000210. The Morgan fingerprint density at radius 2 is 1.67 bits per heavy atom. The summed E-state index contributed by atoms with van der Waals surface area (Å²) in [5.41, 5.74) is 9.61. The third-order valence-corrected chi connectivity index (χ3v) is 6.21. The van der Waals surface area contributed by atoms with E-state index in [0.717, 1.165) is 23.3 Å². The minimum atomic E-state index is -1.07. The molecule has 3 aromatic carbocycles. The maximum Gasteiger partial charge on any atom is 0.320 e.